The van der Waals surface area contributed by atoms with Crippen LogP contribution in [0, 0.1) is 0 Å². The number of hydrogen-bond acceptors (Lipinski definition) is 8. The van der Waals surface area contributed by atoms with Crippen LogP contribution in [-0.2, 0) is 32.7 Å². The largest absolute Gasteiger partial charge is 0.756 e. The Hall–Kier alpha value is -2.29. The third-order valence-electron chi connectivity index (χ3n) is 8.77. The molecule has 0 aromatic carbocycles. The molecule has 0 N–H and O–H groups in total. The highest BCUT2D eigenvalue weighted by Crippen LogP contribution is 2.38. The van der Waals surface area contributed by atoms with Crippen molar-refractivity contribution in [2.75, 3.05) is 47.5 Å². The van der Waals surface area contributed by atoms with Gasteiger partial charge in [-0.15, -0.1) is 0 Å². The molecule has 0 saturated carbocycles. The Morgan fingerprint density at radius 1 is 0.582 bits per heavy atom. The normalized spacial score (nSPS) is 14.2. The molecule has 10 heteroatoms. The highest BCUT2D eigenvalue weighted by Gasteiger charge is 2.21. The van der Waals surface area contributed by atoms with Gasteiger partial charge in [-0.2, -0.15) is 0 Å². The summed E-state index contributed by atoms with van der Waals surface area (Å²) in [4.78, 5) is 37.5. The van der Waals surface area contributed by atoms with Gasteiger partial charge < -0.3 is 27.9 Å². The van der Waals surface area contributed by atoms with Crippen LogP contribution in [0.3, 0.4) is 0 Å². The minimum absolute atomic E-state index is 0.0378. The van der Waals surface area contributed by atoms with Crippen LogP contribution in [0.25, 0.3) is 0 Å². The zero-order chi connectivity index (χ0) is 40.7. The molecule has 0 amide bonds. The Labute approximate surface area is 336 Å². The number of phosphoric ester groups is 1. The first kappa shape index (κ1) is 52.7. The molecule has 0 aliphatic carbocycles. The maximum Gasteiger partial charge on any atom is 0.306 e. The standard InChI is InChI=1S/C45H80NO8P/c1-6-8-10-12-14-16-18-20-21-22-23-24-25-26-28-30-32-34-36-38-45(48)54-43(42-53-55(49,50)52-40-39-46(3,4)5)41-51-44(47)37-35-33-31-29-27-19-17-15-13-11-9-7-2/h8,10,14-17,20-21,23-24,43H,6-7,9,11-13,18-19,22,25-42H2,1-5H3/b10-8-,16-14-,17-15-,21-20-,24-23-. The first-order valence-corrected chi connectivity index (χ1v) is 23.0. The fraction of sp³-hybridized carbons (Fsp3) is 0.733. The van der Waals surface area contributed by atoms with Crippen LogP contribution < -0.4 is 4.89 Å². The second-order valence-corrected chi connectivity index (χ2v) is 16.7. The second-order valence-electron chi connectivity index (χ2n) is 15.3. The number of allylic oxidation sites excluding steroid dienone is 10. The van der Waals surface area contributed by atoms with Crippen molar-refractivity contribution in [2.45, 2.75) is 168 Å². The quantitative estimate of drug-likeness (QED) is 0.0200. The number of nitrogens with zero attached hydrogens (tertiary/aromatic N) is 1. The first-order chi connectivity index (χ1) is 26.5. The van der Waals surface area contributed by atoms with E-state index in [4.69, 9.17) is 18.5 Å². The number of likely N-dealkylation sites (N-methyl/N-ethyl adjacent to an activating group) is 1. The van der Waals surface area contributed by atoms with E-state index >= 15 is 0 Å². The summed E-state index contributed by atoms with van der Waals surface area (Å²) >= 11 is 0. The van der Waals surface area contributed by atoms with Gasteiger partial charge in [-0.1, -0.05) is 132 Å². The van der Waals surface area contributed by atoms with Gasteiger partial charge in [0.1, 0.15) is 19.8 Å². The minimum atomic E-state index is -4.63. The summed E-state index contributed by atoms with van der Waals surface area (Å²) in [6, 6.07) is 0. The van der Waals surface area contributed by atoms with E-state index in [0.717, 1.165) is 103 Å². The molecule has 55 heavy (non-hydrogen) atoms. The van der Waals surface area contributed by atoms with E-state index in [1.54, 1.807) is 0 Å². The monoisotopic (exact) mass is 794 g/mol. The van der Waals surface area contributed by atoms with Crippen LogP contribution in [0.2, 0.25) is 0 Å². The van der Waals surface area contributed by atoms with Crippen LogP contribution in [0.1, 0.15) is 162 Å². The van der Waals surface area contributed by atoms with Crippen molar-refractivity contribution in [3.8, 4) is 0 Å². The molecular formula is C45H80NO8P. The molecule has 0 spiro atoms. The van der Waals surface area contributed by atoms with Crippen LogP contribution in [0.15, 0.2) is 60.8 Å². The fourth-order valence-corrected chi connectivity index (χ4v) is 6.13. The lowest BCUT2D eigenvalue weighted by molar-refractivity contribution is -0.870. The number of carbonyl (C=O) groups is 2. The maximum absolute atomic E-state index is 12.7. The average Bonchev–Trinajstić information content (AvgIpc) is 3.13. The number of carbonyl (C=O) groups excluding carboxylic acids is 2. The topological polar surface area (TPSA) is 111 Å². The molecular weight excluding hydrogens is 713 g/mol. The van der Waals surface area contributed by atoms with Gasteiger partial charge in [-0.3, -0.25) is 14.2 Å². The van der Waals surface area contributed by atoms with Gasteiger partial charge in [0.25, 0.3) is 7.82 Å². The fourth-order valence-electron chi connectivity index (χ4n) is 5.40. The molecule has 2 unspecified atom stereocenters. The summed E-state index contributed by atoms with van der Waals surface area (Å²) in [6.45, 7) is 4.04. The van der Waals surface area contributed by atoms with Gasteiger partial charge in [0, 0.05) is 12.8 Å². The molecule has 0 rings (SSSR count). The Morgan fingerprint density at radius 2 is 1.04 bits per heavy atom. The third-order valence-corrected chi connectivity index (χ3v) is 9.74. The summed E-state index contributed by atoms with van der Waals surface area (Å²) in [7, 11) is 1.14. The molecule has 9 nitrogen and oxygen atoms in total. The van der Waals surface area contributed by atoms with Gasteiger partial charge >= 0.3 is 11.9 Å². The Morgan fingerprint density at radius 3 is 1.56 bits per heavy atom. The lowest BCUT2D eigenvalue weighted by Gasteiger charge is -2.28. The molecule has 318 valence electrons. The number of ether oxygens (including phenoxy) is 2. The van der Waals surface area contributed by atoms with Crippen LogP contribution >= 0.6 is 7.82 Å². The molecule has 0 fully saturated rings. The molecule has 0 heterocycles. The van der Waals surface area contributed by atoms with Gasteiger partial charge in [0.2, 0.25) is 0 Å². The molecule has 0 aliphatic heterocycles. The predicted octanol–water partition coefficient (Wildman–Crippen LogP) is 11.4. The number of hydrogen-bond donors (Lipinski definition) is 0. The summed E-state index contributed by atoms with van der Waals surface area (Å²) in [6.07, 6.45) is 43.9. The maximum atomic E-state index is 12.7. The van der Waals surface area contributed by atoms with Crippen molar-refractivity contribution in [1.82, 2.24) is 0 Å². The average molecular weight is 794 g/mol. The van der Waals surface area contributed by atoms with Crippen molar-refractivity contribution in [3.63, 3.8) is 0 Å². The number of rotatable bonds is 38. The van der Waals surface area contributed by atoms with Crippen LogP contribution in [0.5, 0.6) is 0 Å². The van der Waals surface area contributed by atoms with E-state index in [0.29, 0.717) is 23.9 Å². The lowest BCUT2D eigenvalue weighted by atomic mass is 10.1. The molecule has 0 aliphatic rings. The van der Waals surface area contributed by atoms with Crippen LogP contribution in [0.4, 0.5) is 0 Å². The van der Waals surface area contributed by atoms with Gasteiger partial charge in [-0.25, -0.2) is 0 Å². The Balaban J connectivity index is 4.40. The Kier molecular flexibility index (Phi) is 35.7. The predicted molar refractivity (Wildman–Crippen MR) is 226 cm³/mol. The molecule has 0 aromatic rings. The van der Waals surface area contributed by atoms with E-state index in [2.05, 4.69) is 74.6 Å². The van der Waals surface area contributed by atoms with E-state index in [9.17, 15) is 19.0 Å². The van der Waals surface area contributed by atoms with Gasteiger partial charge in [0.05, 0.1) is 27.7 Å². The van der Waals surface area contributed by atoms with Crippen molar-refractivity contribution >= 4 is 19.8 Å². The van der Waals surface area contributed by atoms with E-state index in [1.165, 1.54) is 19.3 Å². The van der Waals surface area contributed by atoms with Crippen molar-refractivity contribution in [1.29, 1.82) is 0 Å². The zero-order valence-corrected chi connectivity index (χ0v) is 36.5. The van der Waals surface area contributed by atoms with Gasteiger partial charge in [0.15, 0.2) is 6.10 Å². The minimum Gasteiger partial charge on any atom is -0.756 e. The smallest absolute Gasteiger partial charge is 0.306 e. The highest BCUT2D eigenvalue weighted by atomic mass is 31.2. The van der Waals surface area contributed by atoms with Crippen molar-refractivity contribution in [2.24, 2.45) is 0 Å². The Bertz CT molecular complexity index is 1120. The lowest BCUT2D eigenvalue weighted by Crippen LogP contribution is -2.37. The van der Waals surface area contributed by atoms with Crippen molar-refractivity contribution < 1.29 is 42.1 Å². The number of unbranched alkanes of at least 4 members (excludes halogenated alkanes) is 14. The molecule has 0 bridgehead atoms. The highest BCUT2D eigenvalue weighted by molar-refractivity contribution is 7.45. The molecule has 2 atom stereocenters. The summed E-state index contributed by atoms with van der Waals surface area (Å²) < 4.78 is 33.8. The summed E-state index contributed by atoms with van der Waals surface area (Å²) in [5, 5.41) is 0. The molecule has 0 saturated heterocycles. The number of esters is 2. The number of quaternary nitrogens is 1. The zero-order valence-electron chi connectivity index (χ0n) is 35.6. The molecule has 0 aromatic heterocycles. The van der Waals surface area contributed by atoms with Crippen LogP contribution in [-0.4, -0.2) is 70.0 Å². The van der Waals surface area contributed by atoms with Gasteiger partial charge in [-0.05, 0) is 77.0 Å². The first-order valence-electron chi connectivity index (χ1n) is 21.5. The molecule has 0 radical (unpaired) electrons. The summed E-state index contributed by atoms with van der Waals surface area (Å²) in [5.41, 5.74) is 0. The van der Waals surface area contributed by atoms with E-state index < -0.39 is 32.5 Å². The summed E-state index contributed by atoms with van der Waals surface area (Å²) in [5.74, 6) is -0.867. The second kappa shape index (κ2) is 37.3. The van der Waals surface area contributed by atoms with Crippen molar-refractivity contribution in [3.05, 3.63) is 60.8 Å². The number of phosphoric acid groups is 1. The third kappa shape index (κ3) is 41.2. The van der Waals surface area contributed by atoms with E-state index in [-0.39, 0.29) is 26.1 Å². The SMILES string of the molecule is CC/C=C\C/C=C\C/C=C\C/C=C\CCCCCCCCC(=O)OC(COC(=O)CCCCCCC/C=C\CCCCC)COP(=O)([O-])OCC[N+](C)(C)C. The van der Waals surface area contributed by atoms with E-state index in [1.807, 2.05) is 21.1 Å².